The van der Waals surface area contributed by atoms with Crippen molar-refractivity contribution in [3.63, 3.8) is 0 Å². The van der Waals surface area contributed by atoms with E-state index in [1.54, 1.807) is 13.2 Å². The Kier molecular flexibility index (Phi) is 9.44. The van der Waals surface area contributed by atoms with Gasteiger partial charge < -0.3 is 9.30 Å². The molecule has 0 unspecified atom stereocenters. The summed E-state index contributed by atoms with van der Waals surface area (Å²) in [5, 5.41) is 0.736. The van der Waals surface area contributed by atoms with Crippen LogP contribution < -0.4 is 10.2 Å². The monoisotopic (exact) mass is 371 g/mol. The summed E-state index contributed by atoms with van der Waals surface area (Å²) in [7, 11) is 3.70. The fourth-order valence-corrected chi connectivity index (χ4v) is 3.91. The van der Waals surface area contributed by atoms with Crippen LogP contribution in [-0.4, -0.2) is 11.7 Å². The van der Waals surface area contributed by atoms with Crippen molar-refractivity contribution in [2.75, 3.05) is 7.11 Å². The molecule has 150 valence electrons. The molecule has 27 heavy (non-hydrogen) atoms. The molecule has 0 bridgehead atoms. The summed E-state index contributed by atoms with van der Waals surface area (Å²) in [6, 6.07) is 7.49. The number of aromatic nitrogens is 1. The maximum atomic E-state index is 12.5. The lowest BCUT2D eigenvalue weighted by molar-refractivity contribution is 0.417. The van der Waals surface area contributed by atoms with Crippen molar-refractivity contribution in [1.29, 1.82) is 0 Å². The number of fused-ring (bicyclic) bond motifs is 1. The Morgan fingerprint density at radius 1 is 0.889 bits per heavy atom. The highest BCUT2D eigenvalue weighted by atomic mass is 16.5. The minimum Gasteiger partial charge on any atom is -0.495 e. The van der Waals surface area contributed by atoms with Gasteiger partial charge in [0.15, 0.2) is 5.43 Å². The van der Waals surface area contributed by atoms with Gasteiger partial charge in [0.05, 0.1) is 12.6 Å². The lowest BCUT2D eigenvalue weighted by atomic mass is 10.0. The molecule has 1 aromatic heterocycles. The van der Waals surface area contributed by atoms with Crippen LogP contribution in [0.25, 0.3) is 10.9 Å². The molecule has 2 rings (SSSR count). The highest BCUT2D eigenvalue weighted by molar-refractivity contribution is 5.85. The zero-order valence-electron chi connectivity index (χ0n) is 17.6. The first-order chi connectivity index (χ1) is 13.2. The average Bonchev–Trinajstić information content (AvgIpc) is 2.69. The van der Waals surface area contributed by atoms with Gasteiger partial charge in [-0.1, -0.05) is 77.2 Å². The Balaban J connectivity index is 1.76. The Morgan fingerprint density at radius 3 is 2.07 bits per heavy atom. The van der Waals surface area contributed by atoms with Crippen molar-refractivity contribution >= 4 is 10.9 Å². The normalized spacial score (nSPS) is 11.2. The molecule has 3 heteroatoms. The molecular formula is C24H37NO2. The van der Waals surface area contributed by atoms with Crippen molar-refractivity contribution in [3.05, 3.63) is 40.2 Å². The Hall–Kier alpha value is -1.77. The van der Waals surface area contributed by atoms with E-state index in [0.717, 1.165) is 35.2 Å². The molecule has 3 nitrogen and oxygen atoms in total. The smallest absolute Gasteiger partial charge is 0.189 e. The van der Waals surface area contributed by atoms with Gasteiger partial charge in [-0.3, -0.25) is 4.79 Å². The van der Waals surface area contributed by atoms with Crippen LogP contribution in [0.5, 0.6) is 5.75 Å². The Labute approximate surface area is 164 Å². The standard InChI is InChI=1S/C24H37NO2/c1-4-5-6-7-8-9-10-11-12-13-14-16-20-19-22(26)21-17-15-18-23(27-3)24(21)25(20)2/h15,17-19H,4-14,16H2,1-3H3. The lowest BCUT2D eigenvalue weighted by Crippen LogP contribution is -2.12. The fraction of sp³-hybridized carbons (Fsp3) is 0.625. The van der Waals surface area contributed by atoms with Gasteiger partial charge in [0.2, 0.25) is 0 Å². The second-order valence-electron chi connectivity index (χ2n) is 7.70. The van der Waals surface area contributed by atoms with Crippen LogP contribution in [0, 0.1) is 0 Å². The predicted molar refractivity (Wildman–Crippen MR) is 116 cm³/mol. The van der Waals surface area contributed by atoms with E-state index in [-0.39, 0.29) is 5.43 Å². The molecule has 0 saturated heterocycles. The predicted octanol–water partition coefficient (Wildman–Crippen LogP) is 6.40. The third kappa shape index (κ3) is 6.41. The Bertz CT molecular complexity index is 748. The zero-order chi connectivity index (χ0) is 19.5. The number of hydrogen-bond acceptors (Lipinski definition) is 2. The van der Waals surface area contributed by atoms with Gasteiger partial charge in [-0.15, -0.1) is 0 Å². The van der Waals surface area contributed by atoms with Crippen molar-refractivity contribution in [2.45, 2.75) is 84.0 Å². The second kappa shape index (κ2) is 11.8. The number of nitrogens with zero attached hydrogens (tertiary/aromatic N) is 1. The third-order valence-corrected chi connectivity index (χ3v) is 5.58. The molecule has 0 radical (unpaired) electrons. The molecule has 0 amide bonds. The number of ether oxygens (including phenoxy) is 1. The van der Waals surface area contributed by atoms with Crippen molar-refractivity contribution in [2.24, 2.45) is 7.05 Å². The van der Waals surface area contributed by atoms with Crippen LogP contribution in [-0.2, 0) is 13.5 Å². The van der Waals surface area contributed by atoms with Gasteiger partial charge in [-0.2, -0.15) is 0 Å². The summed E-state index contributed by atoms with van der Waals surface area (Å²) < 4.78 is 7.60. The minimum atomic E-state index is 0.0973. The number of para-hydroxylation sites is 1. The Morgan fingerprint density at radius 2 is 1.48 bits per heavy atom. The number of methoxy groups -OCH3 is 1. The molecule has 0 aliphatic rings. The average molecular weight is 372 g/mol. The zero-order valence-corrected chi connectivity index (χ0v) is 17.6. The van der Waals surface area contributed by atoms with E-state index in [1.165, 1.54) is 64.2 Å². The number of unbranched alkanes of at least 4 members (excludes halogenated alkanes) is 10. The number of rotatable bonds is 13. The van der Waals surface area contributed by atoms with Crippen LogP contribution in [0.2, 0.25) is 0 Å². The van der Waals surface area contributed by atoms with Crippen molar-refractivity contribution in [3.8, 4) is 5.75 Å². The van der Waals surface area contributed by atoms with Crippen LogP contribution in [0.1, 0.15) is 83.2 Å². The molecule has 0 saturated carbocycles. The summed E-state index contributed by atoms with van der Waals surface area (Å²) in [6.45, 7) is 2.27. The van der Waals surface area contributed by atoms with Crippen LogP contribution in [0.4, 0.5) is 0 Å². The maximum Gasteiger partial charge on any atom is 0.189 e. The number of pyridine rings is 1. The number of benzene rings is 1. The molecule has 1 heterocycles. The molecular weight excluding hydrogens is 334 g/mol. The van der Waals surface area contributed by atoms with E-state index in [9.17, 15) is 4.79 Å². The van der Waals surface area contributed by atoms with E-state index in [1.807, 2.05) is 25.2 Å². The highest BCUT2D eigenvalue weighted by Crippen LogP contribution is 2.24. The van der Waals surface area contributed by atoms with E-state index in [4.69, 9.17) is 4.74 Å². The summed E-state index contributed by atoms with van der Waals surface area (Å²) >= 11 is 0. The molecule has 0 fully saturated rings. The largest absolute Gasteiger partial charge is 0.495 e. The van der Waals surface area contributed by atoms with Crippen molar-refractivity contribution in [1.82, 2.24) is 4.57 Å². The van der Waals surface area contributed by atoms with E-state index in [2.05, 4.69) is 11.5 Å². The SMILES string of the molecule is CCCCCCCCCCCCCc1cc(=O)c2cccc(OC)c2n1C. The van der Waals surface area contributed by atoms with Gasteiger partial charge in [0, 0.05) is 24.2 Å². The van der Waals surface area contributed by atoms with Gasteiger partial charge in [-0.05, 0) is 25.0 Å². The molecule has 0 aliphatic heterocycles. The fourth-order valence-electron chi connectivity index (χ4n) is 3.91. The highest BCUT2D eigenvalue weighted by Gasteiger charge is 2.10. The lowest BCUT2D eigenvalue weighted by Gasteiger charge is -2.15. The minimum absolute atomic E-state index is 0.0973. The summed E-state index contributed by atoms with van der Waals surface area (Å²) in [6.07, 6.45) is 15.7. The molecule has 0 atom stereocenters. The molecule has 2 aromatic rings. The van der Waals surface area contributed by atoms with E-state index < -0.39 is 0 Å². The number of hydrogen-bond donors (Lipinski definition) is 0. The quantitative estimate of drug-likeness (QED) is 0.381. The maximum absolute atomic E-state index is 12.5. The van der Waals surface area contributed by atoms with Crippen molar-refractivity contribution < 1.29 is 4.74 Å². The van der Waals surface area contributed by atoms with E-state index in [0.29, 0.717) is 0 Å². The topological polar surface area (TPSA) is 31.2 Å². The molecule has 0 spiro atoms. The molecule has 0 aliphatic carbocycles. The first-order valence-electron chi connectivity index (χ1n) is 10.8. The summed E-state index contributed by atoms with van der Waals surface area (Å²) in [5.41, 5.74) is 2.11. The van der Waals surface area contributed by atoms with E-state index >= 15 is 0 Å². The van der Waals surface area contributed by atoms with Crippen LogP contribution in [0.15, 0.2) is 29.1 Å². The van der Waals surface area contributed by atoms with Gasteiger partial charge >= 0.3 is 0 Å². The van der Waals surface area contributed by atoms with Gasteiger partial charge in [-0.25, -0.2) is 0 Å². The first kappa shape index (κ1) is 21.5. The summed E-state index contributed by atoms with van der Waals surface area (Å²) in [4.78, 5) is 12.5. The first-order valence-corrected chi connectivity index (χ1v) is 10.8. The van der Waals surface area contributed by atoms with Gasteiger partial charge in [0.25, 0.3) is 0 Å². The molecule has 0 N–H and O–H groups in total. The number of aryl methyl sites for hydroxylation is 2. The van der Waals surface area contributed by atoms with Gasteiger partial charge in [0.1, 0.15) is 5.75 Å². The third-order valence-electron chi connectivity index (χ3n) is 5.58. The molecule has 1 aromatic carbocycles. The second-order valence-corrected chi connectivity index (χ2v) is 7.70. The van der Waals surface area contributed by atoms with Crippen LogP contribution >= 0.6 is 0 Å². The van der Waals surface area contributed by atoms with Crippen LogP contribution in [0.3, 0.4) is 0 Å². The summed E-state index contributed by atoms with van der Waals surface area (Å²) in [5.74, 6) is 0.771.